The summed E-state index contributed by atoms with van der Waals surface area (Å²) in [5.41, 5.74) is 9.15. The van der Waals surface area contributed by atoms with Gasteiger partial charge in [-0.25, -0.2) is 9.78 Å². The molecule has 0 saturated carbocycles. The van der Waals surface area contributed by atoms with Crippen molar-refractivity contribution in [3.05, 3.63) is 21.7 Å². The fourth-order valence-corrected chi connectivity index (χ4v) is 4.06. The average molecular weight is 276 g/mol. The lowest BCUT2D eigenvalue weighted by Crippen LogP contribution is -2.11. The van der Waals surface area contributed by atoms with Crippen LogP contribution in [0, 0.1) is 6.92 Å². The van der Waals surface area contributed by atoms with Crippen molar-refractivity contribution in [1.29, 1.82) is 0 Å². The van der Waals surface area contributed by atoms with Gasteiger partial charge in [-0.1, -0.05) is 0 Å². The fraction of sp³-hybridized carbons (Fsp3) is 0.429. The number of aryl methyl sites for hydroxylation is 3. The largest absolute Gasteiger partial charge is 0.462 e. The first-order valence-electron chi connectivity index (χ1n) is 6.51. The maximum absolute atomic E-state index is 12.0. The van der Waals surface area contributed by atoms with Crippen molar-refractivity contribution in [3.63, 3.8) is 0 Å². The summed E-state index contributed by atoms with van der Waals surface area (Å²) in [4.78, 5) is 18.9. The van der Waals surface area contributed by atoms with E-state index in [0.717, 1.165) is 23.1 Å². The number of ether oxygens (including phenoxy) is 1. The third-order valence-corrected chi connectivity index (χ3v) is 4.74. The molecule has 100 valence electrons. The van der Waals surface area contributed by atoms with Gasteiger partial charge in [0, 0.05) is 10.3 Å². The van der Waals surface area contributed by atoms with E-state index in [4.69, 9.17) is 10.5 Å². The monoisotopic (exact) mass is 276 g/mol. The molecule has 1 aliphatic carbocycles. The van der Waals surface area contributed by atoms with Gasteiger partial charge >= 0.3 is 5.97 Å². The van der Waals surface area contributed by atoms with Crippen LogP contribution < -0.4 is 5.73 Å². The molecule has 2 aromatic rings. The number of carbonyl (C=O) groups is 1. The summed E-state index contributed by atoms with van der Waals surface area (Å²) < 4.78 is 5.08. The Morgan fingerprint density at radius 1 is 1.47 bits per heavy atom. The van der Waals surface area contributed by atoms with Crippen LogP contribution in [-0.2, 0) is 17.6 Å². The predicted octanol–water partition coefficient (Wildman–Crippen LogP) is 2.85. The van der Waals surface area contributed by atoms with Gasteiger partial charge in [-0.05, 0) is 38.7 Å². The van der Waals surface area contributed by atoms with Crippen LogP contribution in [0.3, 0.4) is 0 Å². The Bertz CT molecular complexity index is 676. The molecule has 2 N–H and O–H groups in total. The molecule has 1 aliphatic rings. The summed E-state index contributed by atoms with van der Waals surface area (Å²) >= 11 is 1.71. The van der Waals surface area contributed by atoms with E-state index in [9.17, 15) is 4.79 Å². The fourth-order valence-electron chi connectivity index (χ4n) is 2.74. The molecule has 0 aliphatic heterocycles. The smallest absolute Gasteiger partial charge is 0.342 e. The maximum Gasteiger partial charge on any atom is 0.342 e. The highest BCUT2D eigenvalue weighted by Crippen LogP contribution is 2.41. The number of nitrogens with two attached hydrogens (primary N) is 1. The molecule has 0 saturated heterocycles. The molecule has 0 spiro atoms. The van der Waals surface area contributed by atoms with Crippen molar-refractivity contribution >= 4 is 33.2 Å². The van der Waals surface area contributed by atoms with Crippen LogP contribution in [0.1, 0.15) is 39.8 Å². The number of hydrogen-bond acceptors (Lipinski definition) is 5. The van der Waals surface area contributed by atoms with Gasteiger partial charge in [0.2, 0.25) is 0 Å². The highest BCUT2D eigenvalue weighted by molar-refractivity contribution is 7.19. The number of rotatable bonds is 2. The third-order valence-electron chi connectivity index (χ3n) is 3.55. The van der Waals surface area contributed by atoms with Crippen molar-refractivity contribution in [1.82, 2.24) is 4.98 Å². The van der Waals surface area contributed by atoms with E-state index in [0.29, 0.717) is 23.6 Å². The standard InChI is InChI=1S/C14H16N2O2S/c1-3-18-14(17)10-7(2)16-13-11(12(10)15)8-5-4-6-9(8)19-13/h3-6H2,1-2H3,(H2,15,16). The topological polar surface area (TPSA) is 65.2 Å². The van der Waals surface area contributed by atoms with Crippen molar-refractivity contribution in [2.24, 2.45) is 0 Å². The molecular weight excluding hydrogens is 260 g/mol. The number of carbonyl (C=O) groups excluding carboxylic acids is 1. The van der Waals surface area contributed by atoms with E-state index in [1.54, 1.807) is 18.3 Å². The Morgan fingerprint density at radius 2 is 2.26 bits per heavy atom. The van der Waals surface area contributed by atoms with Gasteiger partial charge in [-0.3, -0.25) is 0 Å². The van der Waals surface area contributed by atoms with Crippen LogP contribution in [0.5, 0.6) is 0 Å². The molecule has 5 heteroatoms. The second-order valence-corrected chi connectivity index (χ2v) is 5.83. The van der Waals surface area contributed by atoms with E-state index in [2.05, 4.69) is 4.98 Å². The van der Waals surface area contributed by atoms with Gasteiger partial charge in [-0.15, -0.1) is 11.3 Å². The molecule has 2 aromatic heterocycles. The van der Waals surface area contributed by atoms with Gasteiger partial charge in [0.1, 0.15) is 10.4 Å². The summed E-state index contributed by atoms with van der Waals surface area (Å²) in [5, 5.41) is 0.978. The highest BCUT2D eigenvalue weighted by atomic mass is 32.1. The maximum atomic E-state index is 12.0. The van der Waals surface area contributed by atoms with E-state index in [1.807, 2.05) is 6.92 Å². The molecule has 0 unspecified atom stereocenters. The summed E-state index contributed by atoms with van der Waals surface area (Å²) in [7, 11) is 0. The van der Waals surface area contributed by atoms with Crippen molar-refractivity contribution in [2.75, 3.05) is 12.3 Å². The molecule has 0 bridgehead atoms. The Labute approximate surface area is 115 Å². The van der Waals surface area contributed by atoms with Gasteiger partial charge in [0.05, 0.1) is 18.0 Å². The SMILES string of the molecule is CCOC(=O)c1c(C)nc2sc3c(c2c1N)CCC3. The Balaban J connectivity index is 2.26. The van der Waals surface area contributed by atoms with E-state index < -0.39 is 0 Å². The minimum absolute atomic E-state index is 0.345. The van der Waals surface area contributed by atoms with Gasteiger partial charge in [0.15, 0.2) is 0 Å². The predicted molar refractivity (Wildman–Crippen MR) is 76.8 cm³/mol. The Hall–Kier alpha value is -1.62. The number of hydrogen-bond donors (Lipinski definition) is 1. The summed E-state index contributed by atoms with van der Waals surface area (Å²) in [6, 6.07) is 0. The zero-order valence-corrected chi connectivity index (χ0v) is 11.9. The molecule has 4 nitrogen and oxygen atoms in total. The van der Waals surface area contributed by atoms with E-state index >= 15 is 0 Å². The van der Waals surface area contributed by atoms with E-state index in [1.165, 1.54) is 16.9 Å². The van der Waals surface area contributed by atoms with Crippen LogP contribution in [0.15, 0.2) is 0 Å². The van der Waals surface area contributed by atoms with Crippen LogP contribution in [-0.4, -0.2) is 17.6 Å². The minimum Gasteiger partial charge on any atom is -0.462 e. The molecule has 0 radical (unpaired) electrons. The lowest BCUT2D eigenvalue weighted by atomic mass is 10.1. The zero-order chi connectivity index (χ0) is 13.6. The van der Waals surface area contributed by atoms with Crippen LogP contribution in [0.4, 0.5) is 5.69 Å². The van der Waals surface area contributed by atoms with Crippen molar-refractivity contribution in [3.8, 4) is 0 Å². The summed E-state index contributed by atoms with van der Waals surface area (Å²) in [5.74, 6) is -0.371. The molecule has 0 amide bonds. The first-order chi connectivity index (χ1) is 9.13. The lowest BCUT2D eigenvalue weighted by molar-refractivity contribution is 0.0526. The second-order valence-electron chi connectivity index (χ2n) is 4.74. The molecule has 0 aromatic carbocycles. The number of esters is 1. The minimum atomic E-state index is -0.371. The molecule has 2 heterocycles. The summed E-state index contributed by atoms with van der Waals surface area (Å²) in [6.45, 7) is 3.95. The number of anilines is 1. The van der Waals surface area contributed by atoms with Crippen molar-refractivity contribution < 1.29 is 9.53 Å². The van der Waals surface area contributed by atoms with Gasteiger partial charge < -0.3 is 10.5 Å². The first kappa shape index (κ1) is 12.4. The van der Waals surface area contributed by atoms with Crippen molar-refractivity contribution in [2.45, 2.75) is 33.1 Å². The molecule has 19 heavy (non-hydrogen) atoms. The van der Waals surface area contributed by atoms with Gasteiger partial charge in [-0.2, -0.15) is 0 Å². The zero-order valence-electron chi connectivity index (χ0n) is 11.1. The quantitative estimate of drug-likeness (QED) is 0.857. The molecule has 0 fully saturated rings. The Morgan fingerprint density at radius 3 is 3.00 bits per heavy atom. The van der Waals surface area contributed by atoms with Crippen LogP contribution in [0.2, 0.25) is 0 Å². The van der Waals surface area contributed by atoms with Gasteiger partial charge in [0.25, 0.3) is 0 Å². The lowest BCUT2D eigenvalue weighted by Gasteiger charge is -2.10. The number of nitrogens with zero attached hydrogens (tertiary/aromatic N) is 1. The van der Waals surface area contributed by atoms with Crippen LogP contribution in [0.25, 0.3) is 10.2 Å². The van der Waals surface area contributed by atoms with E-state index in [-0.39, 0.29) is 5.97 Å². The number of aromatic nitrogens is 1. The highest BCUT2D eigenvalue weighted by Gasteiger charge is 2.25. The second kappa shape index (κ2) is 4.49. The Kier molecular flexibility index (Phi) is 2.93. The first-order valence-corrected chi connectivity index (χ1v) is 7.32. The normalized spacial score (nSPS) is 13.8. The molecular formula is C14H16N2O2S. The summed E-state index contributed by atoms with van der Waals surface area (Å²) in [6.07, 6.45) is 3.30. The number of thiophene rings is 1. The molecule has 3 rings (SSSR count). The molecule has 0 atom stereocenters. The number of nitrogen functional groups attached to an aromatic ring is 1. The number of fused-ring (bicyclic) bond motifs is 3. The van der Waals surface area contributed by atoms with Crippen LogP contribution >= 0.6 is 11.3 Å². The third kappa shape index (κ3) is 1.80. The average Bonchev–Trinajstić information content (AvgIpc) is 2.88. The number of pyridine rings is 1.